The van der Waals surface area contributed by atoms with Crippen LogP contribution < -0.4 is 0 Å². The first-order valence-corrected chi connectivity index (χ1v) is 8.03. The monoisotopic (exact) mass is 618 g/mol. The SMILES string of the molecule is [C-]#[C-].[C-]#[C-].[C-]#[C-].[C-]#[C-].[C-]#[C-].[W+5][C]1=CC=CC1.[W+5][C]1=CC=CC1. The van der Waals surface area contributed by atoms with Gasteiger partial charge in [0.25, 0.3) is 0 Å². The number of allylic oxidation sites excluding steroid dienone is 8. The summed E-state index contributed by atoms with van der Waals surface area (Å²) in [6.45, 7) is 0. The molecule has 0 heterocycles. The molecule has 0 bridgehead atoms. The summed E-state index contributed by atoms with van der Waals surface area (Å²) in [6, 6.07) is 0. The fourth-order valence-electron chi connectivity index (χ4n) is 0.855. The molecule has 2 aliphatic rings. The average molecular weight is 618 g/mol. The molecule has 102 valence electrons. The first-order valence-electron chi connectivity index (χ1n) is 5.09. The van der Waals surface area contributed by atoms with E-state index in [9.17, 15) is 0 Å². The zero-order valence-electron chi connectivity index (χ0n) is 11.7. The number of rotatable bonds is 0. The van der Waals surface area contributed by atoms with E-state index in [1.165, 1.54) is 12.8 Å². The predicted octanol–water partition coefficient (Wildman–Crippen LogP) is 3.57. The molecule has 0 amide bonds. The average Bonchev–Trinajstić information content (AvgIpc) is 3.31. The van der Waals surface area contributed by atoms with Crippen LogP contribution in [0.1, 0.15) is 12.8 Å². The third-order valence-electron chi connectivity index (χ3n) is 1.47. The normalized spacial score (nSPS) is 10.6. The molecule has 0 nitrogen and oxygen atoms in total. The van der Waals surface area contributed by atoms with Crippen molar-refractivity contribution >= 4 is 0 Å². The van der Waals surface area contributed by atoms with Crippen molar-refractivity contribution in [3.63, 3.8) is 0 Å². The van der Waals surface area contributed by atoms with Crippen molar-refractivity contribution in [2.45, 2.75) is 12.8 Å². The standard InChI is InChI=1S/2C5H5.5C2.2W/c2*1-2-4-5-3-1;5*1-2;;/h2*1-3H,4H2;;;;;;;/q;;5*-2;2*+5. The summed E-state index contributed by atoms with van der Waals surface area (Å²) in [7, 11) is 0. The van der Waals surface area contributed by atoms with Crippen molar-refractivity contribution in [2.75, 3.05) is 0 Å². The third-order valence-corrected chi connectivity index (χ3v) is 3.65. The molecule has 0 aliphatic heterocycles. The Labute approximate surface area is 160 Å². The van der Waals surface area contributed by atoms with Gasteiger partial charge in [-0.1, -0.05) is 0 Å². The van der Waals surface area contributed by atoms with E-state index in [2.05, 4.69) is 36.5 Å². The van der Waals surface area contributed by atoms with Crippen LogP contribution in [0.15, 0.2) is 44.4 Å². The van der Waals surface area contributed by atoms with E-state index in [-0.39, 0.29) is 0 Å². The molecule has 2 rings (SSSR count). The summed E-state index contributed by atoms with van der Waals surface area (Å²) >= 11 is 3.21. The van der Waals surface area contributed by atoms with Crippen molar-refractivity contribution < 1.29 is 39.6 Å². The Morgan fingerprint density at radius 1 is 0.545 bits per heavy atom. The van der Waals surface area contributed by atoms with Crippen LogP contribution in [0.2, 0.25) is 0 Å². The van der Waals surface area contributed by atoms with Crippen LogP contribution in [0, 0.1) is 64.2 Å². The van der Waals surface area contributed by atoms with Crippen LogP contribution in [-0.4, -0.2) is 0 Å². The van der Waals surface area contributed by atoms with Gasteiger partial charge >= 0.3 is 96.9 Å². The van der Waals surface area contributed by atoms with E-state index in [0.29, 0.717) is 0 Å². The molecule has 0 aromatic rings. The Kier molecular flexibility index (Phi) is 62.5. The van der Waals surface area contributed by atoms with Crippen molar-refractivity contribution in [3.8, 4) is 0 Å². The number of hydrogen-bond donors (Lipinski definition) is 0. The van der Waals surface area contributed by atoms with E-state index in [1.807, 2.05) is 0 Å². The molecule has 22 heavy (non-hydrogen) atoms. The Bertz CT molecular complexity index is 370. The van der Waals surface area contributed by atoms with Crippen LogP contribution in [0.5, 0.6) is 0 Å². The Morgan fingerprint density at radius 3 is 0.818 bits per heavy atom. The van der Waals surface area contributed by atoms with Gasteiger partial charge in [0.1, 0.15) is 0 Å². The summed E-state index contributed by atoms with van der Waals surface area (Å²) < 4.78 is 3.10. The summed E-state index contributed by atoms with van der Waals surface area (Å²) in [4.78, 5) is 0. The summed E-state index contributed by atoms with van der Waals surface area (Å²) in [5.41, 5.74) is 0. The fraction of sp³-hybridized carbons (Fsp3) is 0.100. The minimum atomic E-state index is 1.20. The molecule has 0 unspecified atom stereocenters. The van der Waals surface area contributed by atoms with Crippen LogP contribution in [-0.2, 0) is 39.6 Å². The van der Waals surface area contributed by atoms with Gasteiger partial charge in [0.2, 0.25) is 0 Å². The van der Waals surface area contributed by atoms with Gasteiger partial charge in [-0.2, -0.15) is 0 Å². The van der Waals surface area contributed by atoms with E-state index in [1.54, 1.807) is 47.6 Å². The Morgan fingerprint density at radius 2 is 0.773 bits per heavy atom. The van der Waals surface area contributed by atoms with Gasteiger partial charge in [0.05, 0.1) is 0 Å². The van der Waals surface area contributed by atoms with E-state index in [4.69, 9.17) is 64.2 Å². The van der Waals surface area contributed by atoms with Gasteiger partial charge < -0.3 is 64.2 Å². The minimum absolute atomic E-state index is 1.20. The van der Waals surface area contributed by atoms with Crippen molar-refractivity contribution in [1.82, 2.24) is 0 Å². The van der Waals surface area contributed by atoms with Gasteiger partial charge in [-0.25, -0.2) is 0 Å². The van der Waals surface area contributed by atoms with Crippen molar-refractivity contribution in [1.29, 1.82) is 0 Å². The molecule has 0 aromatic carbocycles. The molecule has 0 saturated carbocycles. The van der Waals surface area contributed by atoms with E-state index >= 15 is 0 Å². The first kappa shape index (κ1) is 32.2. The second-order valence-electron chi connectivity index (χ2n) is 2.53. The second kappa shape index (κ2) is 42.7. The van der Waals surface area contributed by atoms with Crippen molar-refractivity contribution in [3.05, 3.63) is 109 Å². The van der Waals surface area contributed by atoms with Crippen LogP contribution in [0.4, 0.5) is 0 Å². The molecule has 0 N–H and O–H groups in total. The van der Waals surface area contributed by atoms with Crippen LogP contribution in [0.3, 0.4) is 0 Å². The van der Waals surface area contributed by atoms with Gasteiger partial charge in [-0.15, -0.1) is 0 Å². The molecule has 2 aliphatic carbocycles. The van der Waals surface area contributed by atoms with Gasteiger partial charge in [0.15, 0.2) is 0 Å². The molecular weight excluding hydrogens is 608 g/mol. The third kappa shape index (κ3) is 36.2. The fourth-order valence-corrected chi connectivity index (χ4v) is 2.11. The molecular formula is C20H10W2. The zero-order chi connectivity index (χ0) is 18.8. The summed E-state index contributed by atoms with van der Waals surface area (Å²) in [5.74, 6) is 0. The first-order chi connectivity index (χ1) is 10.8. The molecule has 0 radical (unpaired) electrons. The molecule has 0 aromatic heterocycles. The molecule has 0 atom stereocenters. The van der Waals surface area contributed by atoms with Crippen LogP contribution >= 0.6 is 0 Å². The second-order valence-corrected chi connectivity index (χ2v) is 6.30. The zero-order valence-corrected chi connectivity index (χ0v) is 17.6. The van der Waals surface area contributed by atoms with Crippen LogP contribution in [0.25, 0.3) is 0 Å². The molecule has 2 heteroatoms. The predicted molar refractivity (Wildman–Crippen MR) is 76.1 cm³/mol. The summed E-state index contributed by atoms with van der Waals surface area (Å²) in [6.07, 6.45) is 65.4. The quantitative estimate of drug-likeness (QED) is 0.288. The maximum atomic E-state index is 5.00. The maximum absolute atomic E-state index is 5.00. The van der Waals surface area contributed by atoms with Gasteiger partial charge in [-0.3, -0.25) is 0 Å². The van der Waals surface area contributed by atoms with E-state index in [0.717, 1.165) is 0 Å². The van der Waals surface area contributed by atoms with Gasteiger partial charge in [-0.05, 0) is 0 Å². The number of hydrogen-bond acceptors (Lipinski definition) is 0. The Hall–Kier alpha value is -1.86. The topological polar surface area (TPSA) is 0 Å². The molecule has 0 saturated heterocycles. The molecule has 0 spiro atoms. The van der Waals surface area contributed by atoms with E-state index < -0.39 is 0 Å². The summed E-state index contributed by atoms with van der Waals surface area (Å²) in [5, 5.41) is 0. The van der Waals surface area contributed by atoms with Crippen molar-refractivity contribution in [2.24, 2.45) is 0 Å². The molecule has 0 fully saturated rings. The van der Waals surface area contributed by atoms with Gasteiger partial charge in [0, 0.05) is 0 Å². The Balaban J connectivity index is -0.0000000567.